The number of anilines is 1. The van der Waals surface area contributed by atoms with Gasteiger partial charge in [-0.1, -0.05) is 12.1 Å². The van der Waals surface area contributed by atoms with Crippen molar-refractivity contribution in [1.29, 1.82) is 0 Å². The quantitative estimate of drug-likeness (QED) is 0.827. The summed E-state index contributed by atoms with van der Waals surface area (Å²) in [6, 6.07) is 4.72. The number of piperidine rings is 1. The van der Waals surface area contributed by atoms with Gasteiger partial charge in [-0.05, 0) is 25.8 Å². The summed E-state index contributed by atoms with van der Waals surface area (Å²) in [5, 5.41) is 19.3. The molecule has 1 heterocycles. The third kappa shape index (κ3) is 2.58. The summed E-state index contributed by atoms with van der Waals surface area (Å²) in [5.41, 5.74) is 1.01. The lowest BCUT2D eigenvalue weighted by Gasteiger charge is -2.34. The number of benzene rings is 1. The number of rotatable bonds is 2. The Hall–Kier alpha value is -1.13. The van der Waals surface area contributed by atoms with E-state index in [2.05, 4.69) is 0 Å². The van der Waals surface area contributed by atoms with Crippen LogP contribution in [0.3, 0.4) is 0 Å². The lowest BCUT2D eigenvalue weighted by Crippen LogP contribution is -2.39. The van der Waals surface area contributed by atoms with E-state index in [4.69, 9.17) is 0 Å². The third-order valence-corrected chi connectivity index (χ3v) is 3.18. The van der Waals surface area contributed by atoms with E-state index in [1.54, 1.807) is 19.1 Å². The maximum Gasteiger partial charge on any atom is 0.146 e. The Bertz CT molecular complexity index is 395. The molecule has 3 nitrogen and oxygen atoms in total. The van der Waals surface area contributed by atoms with Crippen LogP contribution in [0.25, 0.3) is 0 Å². The minimum atomic E-state index is -0.709. The Balaban J connectivity index is 2.35. The van der Waals surface area contributed by atoms with Crippen molar-refractivity contribution in [1.82, 2.24) is 0 Å². The number of para-hydroxylation sites is 1. The summed E-state index contributed by atoms with van der Waals surface area (Å²) >= 11 is 0. The molecular formula is C13H18FNO2. The van der Waals surface area contributed by atoms with Crippen molar-refractivity contribution >= 4 is 5.69 Å². The monoisotopic (exact) mass is 239 g/mol. The van der Waals surface area contributed by atoms with Crippen LogP contribution in [0.2, 0.25) is 0 Å². The van der Waals surface area contributed by atoms with Crippen LogP contribution in [0.15, 0.2) is 18.2 Å². The van der Waals surface area contributed by atoms with Gasteiger partial charge in [0.25, 0.3) is 0 Å². The Labute approximate surface area is 100 Å². The number of aliphatic hydroxyl groups is 2. The predicted molar refractivity (Wildman–Crippen MR) is 64.5 cm³/mol. The van der Waals surface area contributed by atoms with Gasteiger partial charge in [0.2, 0.25) is 0 Å². The molecule has 1 aromatic rings. The van der Waals surface area contributed by atoms with Crippen molar-refractivity contribution in [3.8, 4) is 0 Å². The molecule has 0 aliphatic carbocycles. The van der Waals surface area contributed by atoms with E-state index in [1.165, 1.54) is 6.07 Å². The molecule has 0 radical (unpaired) electrons. The van der Waals surface area contributed by atoms with Gasteiger partial charge in [-0.25, -0.2) is 4.39 Å². The fourth-order valence-electron chi connectivity index (χ4n) is 2.36. The number of nitrogens with zero attached hydrogens (tertiary/aromatic N) is 1. The second-order valence-electron chi connectivity index (χ2n) is 4.60. The zero-order valence-electron chi connectivity index (χ0n) is 9.93. The van der Waals surface area contributed by atoms with Gasteiger partial charge in [0, 0.05) is 18.7 Å². The summed E-state index contributed by atoms with van der Waals surface area (Å²) in [6.07, 6.45) is 0.481. The van der Waals surface area contributed by atoms with Crippen LogP contribution in [-0.4, -0.2) is 29.4 Å². The highest BCUT2D eigenvalue weighted by Crippen LogP contribution is 2.31. The molecule has 0 bridgehead atoms. The molecule has 2 rings (SSSR count). The van der Waals surface area contributed by atoms with Crippen molar-refractivity contribution in [2.45, 2.75) is 32.0 Å². The van der Waals surface area contributed by atoms with Crippen LogP contribution >= 0.6 is 0 Å². The molecule has 1 aliphatic heterocycles. The highest BCUT2D eigenvalue weighted by atomic mass is 19.1. The lowest BCUT2D eigenvalue weighted by atomic mass is 10.0. The SMILES string of the molecule is C[C@H](O)c1cccc(F)c1N1CCCC(O)C1. The Morgan fingerprint density at radius 2 is 2.24 bits per heavy atom. The van der Waals surface area contributed by atoms with Crippen LogP contribution in [0, 0.1) is 5.82 Å². The van der Waals surface area contributed by atoms with Gasteiger partial charge in [-0.2, -0.15) is 0 Å². The highest BCUT2D eigenvalue weighted by molar-refractivity contribution is 5.56. The summed E-state index contributed by atoms with van der Waals surface area (Å²) in [6.45, 7) is 2.77. The fraction of sp³-hybridized carbons (Fsp3) is 0.538. The van der Waals surface area contributed by atoms with Crippen LogP contribution < -0.4 is 4.90 Å². The normalized spacial score (nSPS) is 22.6. The molecule has 1 aliphatic rings. The molecule has 0 spiro atoms. The molecule has 2 N–H and O–H groups in total. The zero-order chi connectivity index (χ0) is 12.4. The topological polar surface area (TPSA) is 43.7 Å². The Morgan fingerprint density at radius 1 is 1.47 bits per heavy atom. The number of aliphatic hydroxyl groups excluding tert-OH is 2. The minimum absolute atomic E-state index is 0.336. The molecule has 2 atom stereocenters. The number of halogens is 1. The van der Waals surface area contributed by atoms with Crippen molar-refractivity contribution in [3.63, 3.8) is 0 Å². The van der Waals surface area contributed by atoms with E-state index >= 15 is 0 Å². The van der Waals surface area contributed by atoms with Gasteiger partial charge in [0.1, 0.15) is 5.82 Å². The number of hydrogen-bond donors (Lipinski definition) is 2. The van der Waals surface area contributed by atoms with Crippen molar-refractivity contribution in [2.24, 2.45) is 0 Å². The van der Waals surface area contributed by atoms with Gasteiger partial charge < -0.3 is 15.1 Å². The van der Waals surface area contributed by atoms with Gasteiger partial charge in [0.05, 0.1) is 17.9 Å². The average Bonchev–Trinajstić information content (AvgIpc) is 2.28. The smallest absolute Gasteiger partial charge is 0.146 e. The molecule has 4 heteroatoms. The number of β-amino-alcohol motifs (C(OH)–C–C–N with tert-alkyl or cyclic N) is 1. The standard InChI is InChI=1S/C13H18FNO2/c1-9(16)11-5-2-6-12(14)13(11)15-7-3-4-10(17)8-15/h2,5-6,9-10,16-17H,3-4,7-8H2,1H3/t9-,10?/m0/s1. The lowest BCUT2D eigenvalue weighted by molar-refractivity contribution is 0.153. The van der Waals surface area contributed by atoms with E-state index in [1.807, 2.05) is 4.90 Å². The third-order valence-electron chi connectivity index (χ3n) is 3.18. The molecule has 0 amide bonds. The van der Waals surface area contributed by atoms with Crippen LogP contribution in [0.1, 0.15) is 31.4 Å². The summed E-state index contributed by atoms with van der Waals surface area (Å²) < 4.78 is 13.9. The second kappa shape index (κ2) is 5.02. The molecule has 17 heavy (non-hydrogen) atoms. The molecule has 1 aromatic carbocycles. The first-order chi connectivity index (χ1) is 8.09. The summed E-state index contributed by atoms with van der Waals surface area (Å²) in [7, 11) is 0. The molecule has 0 saturated carbocycles. The van der Waals surface area contributed by atoms with E-state index in [0.717, 1.165) is 19.4 Å². The molecule has 0 aromatic heterocycles. The van der Waals surface area contributed by atoms with Crippen molar-refractivity contribution in [2.75, 3.05) is 18.0 Å². The molecule has 1 fully saturated rings. The van der Waals surface area contributed by atoms with Crippen molar-refractivity contribution in [3.05, 3.63) is 29.6 Å². The first kappa shape index (κ1) is 12.3. The van der Waals surface area contributed by atoms with Crippen molar-refractivity contribution < 1.29 is 14.6 Å². The minimum Gasteiger partial charge on any atom is -0.391 e. The number of hydrogen-bond acceptors (Lipinski definition) is 3. The van der Waals surface area contributed by atoms with E-state index in [9.17, 15) is 14.6 Å². The molecule has 1 saturated heterocycles. The predicted octanol–water partition coefficient (Wildman–Crippen LogP) is 1.84. The average molecular weight is 239 g/mol. The van der Waals surface area contributed by atoms with Gasteiger partial charge in [0.15, 0.2) is 0 Å². The first-order valence-corrected chi connectivity index (χ1v) is 5.99. The van der Waals surface area contributed by atoms with E-state index < -0.39 is 12.2 Å². The van der Waals surface area contributed by atoms with Crippen LogP contribution in [-0.2, 0) is 0 Å². The maximum atomic E-state index is 13.9. The van der Waals surface area contributed by atoms with Gasteiger partial charge >= 0.3 is 0 Å². The second-order valence-corrected chi connectivity index (χ2v) is 4.60. The Morgan fingerprint density at radius 3 is 2.88 bits per heavy atom. The van der Waals surface area contributed by atoms with E-state index in [-0.39, 0.29) is 5.82 Å². The molecular weight excluding hydrogens is 221 g/mol. The summed E-state index contributed by atoms with van der Waals surface area (Å²) in [4.78, 5) is 1.82. The maximum absolute atomic E-state index is 13.9. The van der Waals surface area contributed by atoms with Crippen LogP contribution in [0.4, 0.5) is 10.1 Å². The Kier molecular flexibility index (Phi) is 3.64. The van der Waals surface area contributed by atoms with Gasteiger partial charge in [-0.15, -0.1) is 0 Å². The largest absolute Gasteiger partial charge is 0.391 e. The van der Waals surface area contributed by atoms with Gasteiger partial charge in [-0.3, -0.25) is 0 Å². The van der Waals surface area contributed by atoms with E-state index in [0.29, 0.717) is 17.8 Å². The van der Waals surface area contributed by atoms with Crippen LogP contribution in [0.5, 0.6) is 0 Å². The molecule has 94 valence electrons. The highest BCUT2D eigenvalue weighted by Gasteiger charge is 2.23. The first-order valence-electron chi connectivity index (χ1n) is 5.99. The molecule has 1 unspecified atom stereocenters. The fourth-order valence-corrected chi connectivity index (χ4v) is 2.36. The summed E-state index contributed by atoms with van der Waals surface area (Å²) in [5.74, 6) is -0.336. The zero-order valence-corrected chi connectivity index (χ0v) is 9.93.